The molecule has 1 N–H and O–H groups in total. The molecule has 6 nitrogen and oxygen atoms in total. The lowest BCUT2D eigenvalue weighted by Crippen LogP contribution is -3.17. The molecule has 1 aromatic rings. The molecule has 0 radical (unpaired) electrons. The first-order valence-electron chi connectivity index (χ1n) is 8.61. The van der Waals surface area contributed by atoms with Crippen molar-refractivity contribution in [1.82, 2.24) is 0 Å². The summed E-state index contributed by atoms with van der Waals surface area (Å²) in [4.78, 5) is 27.7. The molecular weight excluding hydrogens is 308 g/mol. The summed E-state index contributed by atoms with van der Waals surface area (Å²) >= 11 is 0. The third-order valence-corrected chi connectivity index (χ3v) is 4.95. The molecule has 0 unspecified atom stereocenters. The van der Waals surface area contributed by atoms with Gasteiger partial charge in [-0.05, 0) is 31.2 Å². The van der Waals surface area contributed by atoms with Gasteiger partial charge in [0, 0.05) is 20.0 Å². The Kier molecular flexibility index (Phi) is 5.16. The van der Waals surface area contributed by atoms with Gasteiger partial charge in [-0.2, -0.15) is 0 Å². The number of nitrogens with one attached hydrogen (secondary N) is 1. The van der Waals surface area contributed by atoms with Gasteiger partial charge in [-0.1, -0.05) is 0 Å². The number of quaternary nitrogens is 1. The standard InChI is InChI=1S/C18H24N2O4/c1-3-24-15-6-4-13(5-7-15)20-17(21)12-16(18(20)22)19-10-8-14(23-2)9-11-19/h4-7,14,16H,3,8-12H2,1-2H3/p+1/t16-/m1/s1. The van der Waals surface area contributed by atoms with Gasteiger partial charge < -0.3 is 14.4 Å². The molecule has 0 spiro atoms. The fourth-order valence-electron chi connectivity index (χ4n) is 3.63. The molecule has 0 aliphatic carbocycles. The normalized spacial score (nSPS) is 27.6. The third kappa shape index (κ3) is 3.30. The highest BCUT2D eigenvalue weighted by Crippen LogP contribution is 2.24. The van der Waals surface area contributed by atoms with E-state index in [1.807, 2.05) is 6.92 Å². The highest BCUT2D eigenvalue weighted by Gasteiger charge is 2.46. The zero-order valence-corrected chi connectivity index (χ0v) is 14.3. The third-order valence-electron chi connectivity index (χ3n) is 4.95. The molecule has 24 heavy (non-hydrogen) atoms. The average Bonchev–Trinajstić information content (AvgIpc) is 2.91. The maximum absolute atomic E-state index is 12.8. The molecule has 130 valence electrons. The highest BCUT2D eigenvalue weighted by atomic mass is 16.5. The smallest absolute Gasteiger partial charge is 0.292 e. The first-order chi connectivity index (χ1) is 11.6. The fourth-order valence-corrected chi connectivity index (χ4v) is 3.63. The number of likely N-dealkylation sites (tertiary alicyclic amines) is 1. The molecule has 0 bridgehead atoms. The van der Waals surface area contributed by atoms with Crippen molar-refractivity contribution in [3.05, 3.63) is 24.3 Å². The number of carbonyl (C=O) groups is 2. The van der Waals surface area contributed by atoms with Crippen LogP contribution < -0.4 is 14.5 Å². The first-order valence-corrected chi connectivity index (χ1v) is 8.61. The lowest BCUT2D eigenvalue weighted by Gasteiger charge is -2.31. The predicted octanol–water partition coefficient (Wildman–Crippen LogP) is 0.411. The Hall–Kier alpha value is -1.92. The number of carbonyl (C=O) groups excluding carboxylic acids is 2. The number of ether oxygens (including phenoxy) is 2. The molecule has 2 fully saturated rings. The van der Waals surface area contributed by atoms with Crippen molar-refractivity contribution in [2.75, 3.05) is 31.7 Å². The number of rotatable bonds is 5. The summed E-state index contributed by atoms with van der Waals surface area (Å²) in [7, 11) is 1.73. The lowest BCUT2D eigenvalue weighted by atomic mass is 10.0. The van der Waals surface area contributed by atoms with Crippen LogP contribution in [0.5, 0.6) is 5.75 Å². The van der Waals surface area contributed by atoms with Crippen molar-refractivity contribution in [2.45, 2.75) is 38.3 Å². The largest absolute Gasteiger partial charge is 0.494 e. The molecule has 2 aliphatic rings. The molecule has 2 amide bonds. The summed E-state index contributed by atoms with van der Waals surface area (Å²) in [6.07, 6.45) is 2.45. The maximum Gasteiger partial charge on any atom is 0.292 e. The van der Waals surface area contributed by atoms with Crippen LogP contribution >= 0.6 is 0 Å². The second-order valence-corrected chi connectivity index (χ2v) is 6.34. The van der Waals surface area contributed by atoms with E-state index in [0.29, 0.717) is 18.7 Å². The molecule has 0 aromatic heterocycles. The Balaban J connectivity index is 1.70. The molecule has 2 saturated heterocycles. The van der Waals surface area contributed by atoms with E-state index in [9.17, 15) is 9.59 Å². The van der Waals surface area contributed by atoms with Gasteiger partial charge in [-0.3, -0.25) is 9.59 Å². The van der Waals surface area contributed by atoms with Crippen LogP contribution in [0, 0.1) is 0 Å². The zero-order chi connectivity index (χ0) is 17.1. The van der Waals surface area contributed by atoms with Crippen molar-refractivity contribution >= 4 is 17.5 Å². The Labute approximate surface area is 142 Å². The fraction of sp³-hybridized carbons (Fsp3) is 0.556. The number of methoxy groups -OCH3 is 1. The zero-order valence-electron chi connectivity index (χ0n) is 14.3. The first kappa shape index (κ1) is 16.9. The number of imide groups is 1. The van der Waals surface area contributed by atoms with E-state index in [0.717, 1.165) is 31.7 Å². The SMILES string of the molecule is CCOc1ccc(N2C(=O)C[C@@H]([NH+]3CCC(OC)CC3)C2=O)cc1. The van der Waals surface area contributed by atoms with E-state index in [-0.39, 0.29) is 24.0 Å². The number of piperidine rings is 1. The predicted molar refractivity (Wildman–Crippen MR) is 89.2 cm³/mol. The molecule has 2 heterocycles. The molecule has 1 aromatic carbocycles. The Bertz CT molecular complexity index is 594. The van der Waals surface area contributed by atoms with Crippen LogP contribution in [-0.2, 0) is 14.3 Å². The second-order valence-electron chi connectivity index (χ2n) is 6.34. The van der Waals surface area contributed by atoms with E-state index in [2.05, 4.69) is 0 Å². The van der Waals surface area contributed by atoms with Crippen LogP contribution in [0.25, 0.3) is 0 Å². The van der Waals surface area contributed by atoms with Crippen molar-refractivity contribution in [3.8, 4) is 5.75 Å². The van der Waals surface area contributed by atoms with Crippen molar-refractivity contribution in [2.24, 2.45) is 0 Å². The van der Waals surface area contributed by atoms with Crippen LogP contribution in [0.1, 0.15) is 26.2 Å². The molecule has 0 saturated carbocycles. The average molecular weight is 333 g/mol. The second kappa shape index (κ2) is 7.32. The number of hydrogen-bond donors (Lipinski definition) is 1. The minimum atomic E-state index is -0.262. The molecule has 2 aliphatic heterocycles. The van der Waals surface area contributed by atoms with E-state index in [4.69, 9.17) is 9.47 Å². The topological polar surface area (TPSA) is 60.3 Å². The van der Waals surface area contributed by atoms with E-state index in [1.54, 1.807) is 31.4 Å². The summed E-state index contributed by atoms with van der Waals surface area (Å²) in [6.45, 7) is 4.25. The highest BCUT2D eigenvalue weighted by molar-refractivity contribution is 6.21. The summed E-state index contributed by atoms with van der Waals surface area (Å²) in [5.41, 5.74) is 0.627. The van der Waals surface area contributed by atoms with Gasteiger partial charge in [0.2, 0.25) is 5.91 Å². The van der Waals surface area contributed by atoms with Gasteiger partial charge in [0.25, 0.3) is 5.91 Å². The quantitative estimate of drug-likeness (QED) is 0.793. The van der Waals surface area contributed by atoms with Crippen LogP contribution in [0.3, 0.4) is 0 Å². The molecule has 3 rings (SSSR count). The number of nitrogens with zero attached hydrogens (tertiary/aromatic N) is 1. The monoisotopic (exact) mass is 333 g/mol. The lowest BCUT2D eigenvalue weighted by molar-refractivity contribution is -0.920. The summed E-state index contributed by atoms with van der Waals surface area (Å²) in [5.74, 6) is 0.537. The van der Waals surface area contributed by atoms with Gasteiger partial charge >= 0.3 is 0 Å². The summed E-state index contributed by atoms with van der Waals surface area (Å²) in [6, 6.07) is 6.88. The number of amides is 2. The van der Waals surface area contributed by atoms with Crippen LogP contribution in [0.2, 0.25) is 0 Å². The Morgan fingerprint density at radius 3 is 2.42 bits per heavy atom. The summed E-state index contributed by atoms with van der Waals surface area (Å²) < 4.78 is 10.8. The maximum atomic E-state index is 12.8. The van der Waals surface area contributed by atoms with Gasteiger partial charge in [0.15, 0.2) is 6.04 Å². The minimum Gasteiger partial charge on any atom is -0.494 e. The van der Waals surface area contributed by atoms with Crippen LogP contribution in [0.15, 0.2) is 24.3 Å². The van der Waals surface area contributed by atoms with Crippen molar-refractivity contribution in [1.29, 1.82) is 0 Å². The molecule has 6 heteroatoms. The molecular formula is C18H25N2O4+. The van der Waals surface area contributed by atoms with Gasteiger partial charge in [-0.25, -0.2) is 4.90 Å². The van der Waals surface area contributed by atoms with Gasteiger partial charge in [0.05, 0.1) is 37.9 Å². The van der Waals surface area contributed by atoms with E-state index >= 15 is 0 Å². The van der Waals surface area contributed by atoms with Gasteiger partial charge in [0.1, 0.15) is 5.75 Å². The Morgan fingerprint density at radius 1 is 1.17 bits per heavy atom. The molecule has 1 atom stereocenters. The number of anilines is 1. The number of benzene rings is 1. The van der Waals surface area contributed by atoms with Gasteiger partial charge in [-0.15, -0.1) is 0 Å². The van der Waals surface area contributed by atoms with E-state index in [1.165, 1.54) is 9.80 Å². The van der Waals surface area contributed by atoms with E-state index < -0.39 is 0 Å². The van der Waals surface area contributed by atoms with Crippen LogP contribution in [0.4, 0.5) is 5.69 Å². The van der Waals surface area contributed by atoms with Crippen molar-refractivity contribution < 1.29 is 24.0 Å². The number of hydrogen-bond acceptors (Lipinski definition) is 4. The summed E-state index contributed by atoms with van der Waals surface area (Å²) in [5, 5.41) is 0. The van der Waals surface area contributed by atoms with Crippen LogP contribution in [-0.4, -0.2) is 50.8 Å². The van der Waals surface area contributed by atoms with Crippen molar-refractivity contribution in [3.63, 3.8) is 0 Å². The Morgan fingerprint density at radius 2 is 1.83 bits per heavy atom. The minimum absolute atomic E-state index is 0.0879.